The standard InChI is InChI=1S/C22H36F3N5O3/c23-22(24,25)20-28-27-18-17-29(15-16-30(18)20)21(33)26-14-12-10-8-6-4-2-1-3-5-7-9-11-13-19(31)32/h1-17H2,(H,26,33)(H,31,32). The highest BCUT2D eigenvalue weighted by Gasteiger charge is 2.39. The van der Waals surface area contributed by atoms with Crippen molar-refractivity contribution in [3.8, 4) is 0 Å². The molecule has 1 aliphatic rings. The molecule has 2 amide bonds. The van der Waals surface area contributed by atoms with Gasteiger partial charge in [-0.1, -0.05) is 64.2 Å². The molecule has 1 aromatic heterocycles. The van der Waals surface area contributed by atoms with Gasteiger partial charge in [-0.3, -0.25) is 4.79 Å². The van der Waals surface area contributed by atoms with Gasteiger partial charge in [-0.2, -0.15) is 13.2 Å². The predicted molar refractivity (Wildman–Crippen MR) is 116 cm³/mol. The Morgan fingerprint density at radius 1 is 0.848 bits per heavy atom. The number of amides is 2. The van der Waals surface area contributed by atoms with E-state index < -0.39 is 18.0 Å². The number of halogens is 3. The maximum atomic E-state index is 12.9. The number of carboxylic acid groups (broad SMARTS) is 1. The van der Waals surface area contributed by atoms with E-state index in [9.17, 15) is 22.8 Å². The van der Waals surface area contributed by atoms with Crippen molar-refractivity contribution in [1.82, 2.24) is 25.0 Å². The minimum Gasteiger partial charge on any atom is -0.481 e. The molecule has 0 unspecified atom stereocenters. The molecule has 0 saturated heterocycles. The van der Waals surface area contributed by atoms with E-state index in [2.05, 4.69) is 15.5 Å². The van der Waals surface area contributed by atoms with E-state index >= 15 is 0 Å². The van der Waals surface area contributed by atoms with Gasteiger partial charge in [0.25, 0.3) is 0 Å². The van der Waals surface area contributed by atoms with Crippen LogP contribution in [0.1, 0.15) is 95.1 Å². The molecule has 0 saturated carbocycles. The quantitative estimate of drug-likeness (QED) is 0.349. The molecule has 33 heavy (non-hydrogen) atoms. The largest absolute Gasteiger partial charge is 0.481 e. The molecule has 8 nitrogen and oxygen atoms in total. The Labute approximate surface area is 192 Å². The van der Waals surface area contributed by atoms with Gasteiger partial charge >= 0.3 is 18.2 Å². The van der Waals surface area contributed by atoms with E-state index in [4.69, 9.17) is 5.11 Å². The number of carbonyl (C=O) groups excluding carboxylic acids is 1. The highest BCUT2D eigenvalue weighted by atomic mass is 19.4. The van der Waals surface area contributed by atoms with Crippen LogP contribution < -0.4 is 5.32 Å². The number of urea groups is 1. The van der Waals surface area contributed by atoms with Crippen molar-refractivity contribution in [2.45, 2.75) is 103 Å². The number of nitrogens with one attached hydrogen (secondary N) is 1. The number of alkyl halides is 3. The Balaban J connectivity index is 1.43. The maximum absolute atomic E-state index is 12.9. The minimum absolute atomic E-state index is 0.0250. The number of carboxylic acids is 1. The van der Waals surface area contributed by atoms with Crippen LogP contribution in [0.4, 0.5) is 18.0 Å². The molecule has 1 aliphatic heterocycles. The first-order valence-corrected chi connectivity index (χ1v) is 12.0. The molecule has 0 fully saturated rings. The molecule has 2 N–H and O–H groups in total. The molecule has 0 bridgehead atoms. The Kier molecular flexibility index (Phi) is 11.5. The fraction of sp³-hybridized carbons (Fsp3) is 0.818. The zero-order chi connectivity index (χ0) is 24.1. The van der Waals surface area contributed by atoms with Gasteiger partial charge in [-0.25, -0.2) is 4.79 Å². The third-order valence-corrected chi connectivity index (χ3v) is 5.89. The van der Waals surface area contributed by atoms with Crippen LogP contribution in [0.3, 0.4) is 0 Å². The maximum Gasteiger partial charge on any atom is 0.451 e. The van der Waals surface area contributed by atoms with E-state index in [0.717, 1.165) is 43.1 Å². The Bertz CT molecular complexity index is 739. The van der Waals surface area contributed by atoms with Gasteiger partial charge in [0.15, 0.2) is 5.82 Å². The fourth-order valence-electron chi connectivity index (χ4n) is 4.02. The van der Waals surface area contributed by atoms with E-state index in [1.54, 1.807) is 0 Å². The summed E-state index contributed by atoms with van der Waals surface area (Å²) in [5, 5.41) is 18.2. The second kappa shape index (κ2) is 14.0. The lowest BCUT2D eigenvalue weighted by Crippen LogP contribution is -2.45. The Morgan fingerprint density at radius 2 is 1.39 bits per heavy atom. The van der Waals surface area contributed by atoms with Crippen molar-refractivity contribution in [2.75, 3.05) is 13.1 Å². The van der Waals surface area contributed by atoms with Crippen molar-refractivity contribution < 1.29 is 27.9 Å². The van der Waals surface area contributed by atoms with Crippen molar-refractivity contribution in [1.29, 1.82) is 0 Å². The summed E-state index contributed by atoms with van der Waals surface area (Å²) < 4.78 is 39.7. The summed E-state index contributed by atoms with van der Waals surface area (Å²) in [7, 11) is 0. The van der Waals surface area contributed by atoms with Crippen LogP contribution in [0.15, 0.2) is 0 Å². The number of rotatable bonds is 15. The third-order valence-electron chi connectivity index (χ3n) is 5.89. The lowest BCUT2D eigenvalue weighted by Gasteiger charge is -2.28. The molecule has 0 atom stereocenters. The van der Waals surface area contributed by atoms with Gasteiger partial charge in [0.1, 0.15) is 0 Å². The van der Waals surface area contributed by atoms with E-state index in [-0.39, 0.29) is 37.9 Å². The molecule has 0 spiro atoms. The number of aliphatic carboxylic acids is 1. The van der Waals surface area contributed by atoms with Crippen molar-refractivity contribution >= 4 is 12.0 Å². The summed E-state index contributed by atoms with van der Waals surface area (Å²) >= 11 is 0. The van der Waals surface area contributed by atoms with E-state index in [1.807, 2.05) is 0 Å². The molecule has 2 heterocycles. The third kappa shape index (κ3) is 10.00. The summed E-state index contributed by atoms with van der Waals surface area (Å²) in [6, 6.07) is -0.277. The highest BCUT2D eigenvalue weighted by Crippen LogP contribution is 2.29. The van der Waals surface area contributed by atoms with Crippen LogP contribution >= 0.6 is 0 Å². The van der Waals surface area contributed by atoms with Gasteiger partial charge < -0.3 is 19.9 Å². The summed E-state index contributed by atoms with van der Waals surface area (Å²) in [5.41, 5.74) is 0. The monoisotopic (exact) mass is 475 g/mol. The van der Waals surface area contributed by atoms with Crippen molar-refractivity contribution in [3.63, 3.8) is 0 Å². The van der Waals surface area contributed by atoms with Crippen LogP contribution in [0.2, 0.25) is 0 Å². The zero-order valence-corrected chi connectivity index (χ0v) is 19.2. The van der Waals surface area contributed by atoms with Gasteiger partial charge in [-0.05, 0) is 12.8 Å². The van der Waals surface area contributed by atoms with Crippen molar-refractivity contribution in [2.24, 2.45) is 0 Å². The van der Waals surface area contributed by atoms with Crippen molar-refractivity contribution in [3.05, 3.63) is 11.6 Å². The van der Waals surface area contributed by atoms with Gasteiger partial charge in [-0.15, -0.1) is 10.2 Å². The summed E-state index contributed by atoms with van der Waals surface area (Å²) in [5.74, 6) is -1.57. The number of nitrogens with zero attached hydrogens (tertiary/aromatic N) is 4. The number of carbonyl (C=O) groups is 2. The topological polar surface area (TPSA) is 100 Å². The number of hydrogen-bond donors (Lipinski definition) is 2. The molecular formula is C22H36F3N5O3. The first-order chi connectivity index (χ1) is 15.8. The smallest absolute Gasteiger partial charge is 0.451 e. The molecule has 0 aromatic carbocycles. The second-order valence-electron chi connectivity index (χ2n) is 8.63. The zero-order valence-electron chi connectivity index (χ0n) is 19.2. The van der Waals surface area contributed by atoms with Crippen LogP contribution in [-0.2, 0) is 24.1 Å². The summed E-state index contributed by atoms with van der Waals surface area (Å²) in [6.07, 6.45) is 8.89. The number of unbranched alkanes of at least 4 members (excludes halogenated alkanes) is 11. The molecule has 11 heteroatoms. The average molecular weight is 476 g/mol. The van der Waals surface area contributed by atoms with Gasteiger partial charge in [0.05, 0.1) is 6.54 Å². The molecule has 188 valence electrons. The normalized spacial score (nSPS) is 13.7. The van der Waals surface area contributed by atoms with Crippen LogP contribution in [0.25, 0.3) is 0 Å². The molecule has 0 aliphatic carbocycles. The van der Waals surface area contributed by atoms with Crippen LogP contribution in [-0.4, -0.2) is 49.9 Å². The predicted octanol–water partition coefficient (Wildman–Crippen LogP) is 4.98. The van der Waals surface area contributed by atoms with E-state index in [1.165, 1.54) is 43.4 Å². The number of aromatic nitrogens is 3. The number of fused-ring (bicyclic) bond motifs is 1. The molecular weight excluding hydrogens is 439 g/mol. The summed E-state index contributed by atoms with van der Waals surface area (Å²) in [4.78, 5) is 24.2. The van der Waals surface area contributed by atoms with Gasteiger partial charge in [0.2, 0.25) is 5.82 Å². The second-order valence-corrected chi connectivity index (χ2v) is 8.63. The Hall–Kier alpha value is -2.33. The van der Waals surface area contributed by atoms with Crippen LogP contribution in [0, 0.1) is 0 Å². The number of hydrogen-bond acceptors (Lipinski definition) is 4. The Morgan fingerprint density at radius 3 is 1.94 bits per heavy atom. The fourth-order valence-corrected chi connectivity index (χ4v) is 4.02. The van der Waals surface area contributed by atoms with Gasteiger partial charge in [0, 0.05) is 26.1 Å². The minimum atomic E-state index is -4.54. The summed E-state index contributed by atoms with van der Waals surface area (Å²) in [6.45, 7) is 0.812. The first-order valence-electron chi connectivity index (χ1n) is 12.0. The molecule has 1 aromatic rings. The SMILES string of the molecule is O=C(O)CCCCCCCCCCCCCCNC(=O)N1CCn2c(nnc2C(F)(F)F)C1. The lowest BCUT2D eigenvalue weighted by atomic mass is 10.0. The molecule has 2 rings (SSSR count). The lowest BCUT2D eigenvalue weighted by molar-refractivity contribution is -0.148. The highest BCUT2D eigenvalue weighted by molar-refractivity contribution is 5.74. The van der Waals surface area contributed by atoms with E-state index in [0.29, 0.717) is 6.54 Å². The molecule has 0 radical (unpaired) electrons. The average Bonchev–Trinajstić information content (AvgIpc) is 3.20. The first kappa shape index (κ1) is 26.9. The van der Waals surface area contributed by atoms with Crippen LogP contribution in [0.5, 0.6) is 0 Å².